The van der Waals surface area contributed by atoms with E-state index in [1.807, 2.05) is 55.5 Å². The Kier molecular flexibility index (Phi) is 6.96. The first-order chi connectivity index (χ1) is 16.0. The number of nitrogens with one attached hydrogen (secondary N) is 1. The molecule has 0 aliphatic carbocycles. The van der Waals surface area contributed by atoms with Gasteiger partial charge in [-0.25, -0.2) is 0 Å². The Bertz CT molecular complexity index is 1340. The third kappa shape index (κ3) is 4.58. The van der Waals surface area contributed by atoms with Gasteiger partial charge in [-0.2, -0.15) is 0 Å². The standard InChI is InChI=1S/C25H26N2O5S/c1-4-31-13-14-32-21-20-22(18-7-5-6-8-19(18)27(2)25(20)29)33-23(21)24(28)26-15-16-9-11-17(30-3)12-10-16/h5-12H,4,13-15H2,1-3H3,(H,26,28). The zero-order valence-electron chi connectivity index (χ0n) is 18.8. The first kappa shape index (κ1) is 22.8. The Morgan fingerprint density at radius 1 is 1.09 bits per heavy atom. The summed E-state index contributed by atoms with van der Waals surface area (Å²) in [4.78, 5) is 26.8. The summed E-state index contributed by atoms with van der Waals surface area (Å²) < 4.78 is 18.9. The molecular formula is C25H26N2O5S. The molecule has 0 saturated carbocycles. The van der Waals surface area contributed by atoms with Crippen LogP contribution in [0, 0.1) is 0 Å². The second-order valence-corrected chi connectivity index (χ2v) is 8.44. The molecule has 0 saturated heterocycles. The molecular weight excluding hydrogens is 440 g/mol. The highest BCUT2D eigenvalue weighted by Gasteiger charge is 2.24. The molecule has 2 heterocycles. The van der Waals surface area contributed by atoms with Crippen LogP contribution in [0.5, 0.6) is 11.5 Å². The highest BCUT2D eigenvalue weighted by molar-refractivity contribution is 7.22. The van der Waals surface area contributed by atoms with Crippen LogP contribution in [0.1, 0.15) is 22.2 Å². The van der Waals surface area contributed by atoms with Crippen LogP contribution >= 0.6 is 11.3 Å². The number of thiophene rings is 1. The first-order valence-electron chi connectivity index (χ1n) is 10.7. The number of carbonyl (C=O) groups excluding carboxylic acids is 1. The molecule has 0 atom stereocenters. The van der Waals surface area contributed by atoms with Gasteiger partial charge in [-0.15, -0.1) is 11.3 Å². The van der Waals surface area contributed by atoms with Gasteiger partial charge in [-0.3, -0.25) is 9.59 Å². The van der Waals surface area contributed by atoms with Crippen molar-refractivity contribution in [2.45, 2.75) is 13.5 Å². The Morgan fingerprint density at radius 3 is 2.58 bits per heavy atom. The van der Waals surface area contributed by atoms with Crippen molar-refractivity contribution in [3.05, 3.63) is 69.3 Å². The summed E-state index contributed by atoms with van der Waals surface area (Å²) in [6, 6.07) is 15.2. The number of aryl methyl sites for hydroxylation is 1. The van der Waals surface area contributed by atoms with Gasteiger partial charge in [0.05, 0.1) is 23.9 Å². The summed E-state index contributed by atoms with van der Waals surface area (Å²) >= 11 is 1.28. The maximum absolute atomic E-state index is 13.2. The van der Waals surface area contributed by atoms with Crippen LogP contribution in [0.2, 0.25) is 0 Å². The molecule has 4 rings (SSSR count). The molecule has 0 fully saturated rings. The molecule has 4 aromatic rings. The molecule has 33 heavy (non-hydrogen) atoms. The van der Waals surface area contributed by atoms with Gasteiger partial charge < -0.3 is 24.1 Å². The number of aromatic nitrogens is 1. The number of ether oxygens (including phenoxy) is 3. The van der Waals surface area contributed by atoms with Crippen molar-refractivity contribution in [1.29, 1.82) is 0 Å². The lowest BCUT2D eigenvalue weighted by molar-refractivity contribution is 0.0940. The zero-order chi connectivity index (χ0) is 23.4. The minimum atomic E-state index is -0.287. The van der Waals surface area contributed by atoms with Crippen LogP contribution < -0.4 is 20.3 Å². The molecule has 2 aromatic carbocycles. The largest absolute Gasteiger partial charge is 0.497 e. The molecule has 7 nitrogen and oxygen atoms in total. The Labute approximate surface area is 195 Å². The molecule has 0 bridgehead atoms. The number of hydrogen-bond donors (Lipinski definition) is 1. The van der Waals surface area contributed by atoms with Crippen molar-refractivity contribution in [3.8, 4) is 11.5 Å². The maximum atomic E-state index is 13.2. The van der Waals surface area contributed by atoms with E-state index in [2.05, 4.69) is 5.32 Å². The third-order valence-corrected chi connectivity index (χ3v) is 6.59. The predicted octanol–water partition coefficient (Wildman–Crippen LogP) is 4.11. The number of methoxy groups -OCH3 is 1. The van der Waals surface area contributed by atoms with Gasteiger partial charge in [0.1, 0.15) is 22.6 Å². The maximum Gasteiger partial charge on any atom is 0.265 e. The highest BCUT2D eigenvalue weighted by Crippen LogP contribution is 2.39. The number of amides is 1. The van der Waals surface area contributed by atoms with Gasteiger partial charge in [0.2, 0.25) is 0 Å². The molecule has 1 amide bonds. The van der Waals surface area contributed by atoms with Crippen molar-refractivity contribution in [1.82, 2.24) is 9.88 Å². The number of rotatable bonds is 9. The van der Waals surface area contributed by atoms with Crippen molar-refractivity contribution >= 4 is 38.2 Å². The topological polar surface area (TPSA) is 78.8 Å². The van der Waals surface area contributed by atoms with Crippen LogP contribution in [0.25, 0.3) is 21.0 Å². The lowest BCUT2D eigenvalue weighted by atomic mass is 10.1. The fraction of sp³-hybridized carbons (Fsp3) is 0.280. The number of benzene rings is 2. The molecule has 0 aliphatic heterocycles. The fourth-order valence-electron chi connectivity index (χ4n) is 3.68. The highest BCUT2D eigenvalue weighted by atomic mass is 32.1. The molecule has 8 heteroatoms. The number of pyridine rings is 1. The van der Waals surface area contributed by atoms with Gasteiger partial charge >= 0.3 is 0 Å². The van der Waals surface area contributed by atoms with Crippen molar-refractivity contribution < 1.29 is 19.0 Å². The summed E-state index contributed by atoms with van der Waals surface area (Å²) in [5, 5.41) is 4.28. The normalized spacial score (nSPS) is 11.1. The first-order valence-corrected chi connectivity index (χ1v) is 11.5. The van der Waals surface area contributed by atoms with E-state index >= 15 is 0 Å². The Balaban J connectivity index is 1.73. The summed E-state index contributed by atoms with van der Waals surface area (Å²) in [5.74, 6) is 0.778. The molecule has 2 aromatic heterocycles. The van der Waals surface area contributed by atoms with E-state index < -0.39 is 0 Å². The number of para-hydroxylation sites is 1. The monoisotopic (exact) mass is 466 g/mol. The average molecular weight is 467 g/mol. The second kappa shape index (κ2) is 10.1. The summed E-state index contributed by atoms with van der Waals surface area (Å²) in [5.41, 5.74) is 1.55. The Hall–Kier alpha value is -3.36. The van der Waals surface area contributed by atoms with E-state index in [0.717, 1.165) is 26.9 Å². The lowest BCUT2D eigenvalue weighted by Crippen LogP contribution is -2.23. The molecule has 0 radical (unpaired) electrons. The third-order valence-electron chi connectivity index (χ3n) is 5.39. The molecule has 172 valence electrons. The smallest absolute Gasteiger partial charge is 0.265 e. The van der Waals surface area contributed by atoms with E-state index in [0.29, 0.717) is 35.8 Å². The van der Waals surface area contributed by atoms with Crippen molar-refractivity contribution in [3.63, 3.8) is 0 Å². The predicted molar refractivity (Wildman–Crippen MR) is 131 cm³/mol. The lowest BCUT2D eigenvalue weighted by Gasteiger charge is -2.10. The van der Waals surface area contributed by atoms with Crippen LogP contribution in [0.3, 0.4) is 0 Å². The van der Waals surface area contributed by atoms with Crippen molar-refractivity contribution in [2.24, 2.45) is 7.05 Å². The number of hydrogen-bond acceptors (Lipinski definition) is 6. The fourth-order valence-corrected chi connectivity index (χ4v) is 4.86. The van der Waals surface area contributed by atoms with Gasteiger partial charge in [0.25, 0.3) is 11.5 Å². The van der Waals surface area contributed by atoms with Crippen LogP contribution in [-0.4, -0.2) is 37.4 Å². The van der Waals surface area contributed by atoms with Gasteiger partial charge in [-0.1, -0.05) is 30.3 Å². The van der Waals surface area contributed by atoms with Crippen LogP contribution in [-0.2, 0) is 18.3 Å². The summed E-state index contributed by atoms with van der Waals surface area (Å²) in [6.45, 7) is 3.42. The number of nitrogens with zero attached hydrogens (tertiary/aromatic N) is 1. The Morgan fingerprint density at radius 2 is 1.85 bits per heavy atom. The van der Waals surface area contributed by atoms with E-state index in [4.69, 9.17) is 14.2 Å². The van der Waals surface area contributed by atoms with Crippen LogP contribution in [0.15, 0.2) is 53.3 Å². The SMILES string of the molecule is CCOCCOc1c(C(=O)NCc2ccc(OC)cc2)sc2c1c(=O)n(C)c1ccccc21. The molecule has 0 unspecified atom stereocenters. The minimum Gasteiger partial charge on any atom is -0.497 e. The average Bonchev–Trinajstić information content (AvgIpc) is 3.24. The molecule has 0 aliphatic rings. The molecule has 0 spiro atoms. The number of fused-ring (bicyclic) bond motifs is 3. The van der Waals surface area contributed by atoms with E-state index in [9.17, 15) is 9.59 Å². The van der Waals surface area contributed by atoms with E-state index in [-0.39, 0.29) is 18.1 Å². The van der Waals surface area contributed by atoms with E-state index in [1.54, 1.807) is 18.7 Å². The summed E-state index contributed by atoms with van der Waals surface area (Å²) in [7, 11) is 3.34. The van der Waals surface area contributed by atoms with Gasteiger partial charge in [0.15, 0.2) is 5.75 Å². The molecule has 1 N–H and O–H groups in total. The summed E-state index contributed by atoms with van der Waals surface area (Å²) in [6.07, 6.45) is 0. The van der Waals surface area contributed by atoms with Gasteiger partial charge in [-0.05, 0) is 30.7 Å². The van der Waals surface area contributed by atoms with E-state index in [1.165, 1.54) is 11.3 Å². The number of carbonyl (C=O) groups is 1. The van der Waals surface area contributed by atoms with Crippen LogP contribution in [0.4, 0.5) is 0 Å². The quantitative estimate of drug-likeness (QED) is 0.376. The van der Waals surface area contributed by atoms with Crippen molar-refractivity contribution in [2.75, 3.05) is 26.9 Å². The van der Waals surface area contributed by atoms with Gasteiger partial charge in [0, 0.05) is 25.6 Å². The second-order valence-electron chi connectivity index (χ2n) is 7.42. The minimum absolute atomic E-state index is 0.194. The zero-order valence-corrected chi connectivity index (χ0v) is 19.7.